The highest BCUT2D eigenvalue weighted by atomic mass is 32.2. The number of hydrogen-bond acceptors (Lipinski definition) is 6. The van der Waals surface area contributed by atoms with E-state index in [2.05, 4.69) is 5.16 Å². The van der Waals surface area contributed by atoms with Crippen LogP contribution in [0.25, 0.3) is 0 Å². The fraction of sp³-hybridized carbons (Fsp3) is 0.412. The van der Waals surface area contributed by atoms with Crippen molar-refractivity contribution >= 4 is 15.9 Å². The van der Waals surface area contributed by atoms with Gasteiger partial charge in [-0.25, -0.2) is 13.5 Å². The lowest BCUT2D eigenvalue weighted by atomic mass is 9.94. The highest BCUT2D eigenvalue weighted by Gasteiger charge is 2.57. The fourth-order valence-electron chi connectivity index (χ4n) is 3.46. The summed E-state index contributed by atoms with van der Waals surface area (Å²) in [5, 5.41) is 5.04. The Morgan fingerprint density at radius 2 is 1.88 bits per heavy atom. The van der Waals surface area contributed by atoms with Gasteiger partial charge >= 0.3 is 0 Å². The minimum atomic E-state index is -3.71. The number of rotatable bonds is 4. The number of hydroxylamine groups is 2. The molecule has 0 aliphatic carbocycles. The predicted molar refractivity (Wildman–Crippen MR) is 90.2 cm³/mol. The van der Waals surface area contributed by atoms with Crippen LogP contribution >= 0.6 is 0 Å². The Labute approximate surface area is 151 Å². The Balaban J connectivity index is 1.46. The number of aryl methyl sites for hydroxylation is 2. The summed E-state index contributed by atoms with van der Waals surface area (Å²) in [6.45, 7) is 3.78. The van der Waals surface area contributed by atoms with Gasteiger partial charge in [0.15, 0.2) is 5.76 Å². The zero-order chi connectivity index (χ0) is 18.5. The zero-order valence-corrected chi connectivity index (χ0v) is 15.3. The van der Waals surface area contributed by atoms with Gasteiger partial charge in [0.05, 0.1) is 13.0 Å². The van der Waals surface area contributed by atoms with Crippen LogP contribution in [0.5, 0.6) is 0 Å². The lowest BCUT2D eigenvalue weighted by molar-refractivity contribution is -0.228. The van der Waals surface area contributed by atoms with E-state index in [-0.39, 0.29) is 36.1 Å². The summed E-state index contributed by atoms with van der Waals surface area (Å²) in [7, 11) is -3.71. The van der Waals surface area contributed by atoms with E-state index in [1.165, 1.54) is 9.37 Å². The molecule has 0 bridgehead atoms. The van der Waals surface area contributed by atoms with E-state index in [1.807, 2.05) is 30.3 Å². The molecule has 0 saturated carbocycles. The molecule has 8 nitrogen and oxygen atoms in total. The van der Waals surface area contributed by atoms with Gasteiger partial charge in [-0.05, 0) is 19.4 Å². The first-order chi connectivity index (χ1) is 12.3. The van der Waals surface area contributed by atoms with Gasteiger partial charge < -0.3 is 4.52 Å². The van der Waals surface area contributed by atoms with E-state index in [9.17, 15) is 13.2 Å². The number of carbonyl (C=O) groups excluding carboxylic acids is 1. The smallest absolute Gasteiger partial charge is 0.249 e. The molecule has 0 N–H and O–H groups in total. The average molecular weight is 377 g/mol. The molecule has 2 aromatic rings. The molecule has 2 aliphatic heterocycles. The van der Waals surface area contributed by atoms with Gasteiger partial charge in [0.1, 0.15) is 16.2 Å². The van der Waals surface area contributed by atoms with Crippen LogP contribution in [-0.4, -0.2) is 47.5 Å². The molecule has 4 rings (SSSR count). The second-order valence-electron chi connectivity index (χ2n) is 6.79. The second kappa shape index (κ2) is 5.90. The van der Waals surface area contributed by atoms with E-state index in [0.29, 0.717) is 12.2 Å². The molecule has 1 amide bonds. The summed E-state index contributed by atoms with van der Waals surface area (Å²) in [5.74, 6) is 0.126. The van der Waals surface area contributed by atoms with Crippen molar-refractivity contribution in [2.24, 2.45) is 0 Å². The Bertz CT molecular complexity index is 929. The van der Waals surface area contributed by atoms with Crippen LogP contribution in [-0.2, 0) is 26.2 Å². The first-order valence-electron chi connectivity index (χ1n) is 8.27. The van der Waals surface area contributed by atoms with Crippen LogP contribution in [0.4, 0.5) is 0 Å². The van der Waals surface area contributed by atoms with Crippen molar-refractivity contribution in [1.29, 1.82) is 0 Å². The van der Waals surface area contributed by atoms with Crippen molar-refractivity contribution in [3.05, 3.63) is 47.3 Å². The number of amides is 1. The maximum absolute atomic E-state index is 12.8. The molecule has 138 valence electrons. The Hall–Kier alpha value is -2.23. The molecule has 0 radical (unpaired) electrons. The molecule has 26 heavy (non-hydrogen) atoms. The first-order valence-corrected chi connectivity index (χ1v) is 9.71. The summed E-state index contributed by atoms with van der Waals surface area (Å²) in [5.41, 5.74) is 0.507. The minimum Gasteiger partial charge on any atom is -0.360 e. The molecule has 1 aromatic carbocycles. The number of benzene rings is 1. The van der Waals surface area contributed by atoms with Crippen LogP contribution in [0.1, 0.15) is 23.4 Å². The third-order valence-electron chi connectivity index (χ3n) is 4.72. The predicted octanol–water partition coefficient (Wildman–Crippen LogP) is 1.40. The molecule has 2 fully saturated rings. The fourth-order valence-corrected chi connectivity index (χ4v) is 5.34. The molecule has 3 heterocycles. The highest BCUT2D eigenvalue weighted by Crippen LogP contribution is 2.40. The van der Waals surface area contributed by atoms with Gasteiger partial charge in [-0.1, -0.05) is 35.5 Å². The summed E-state index contributed by atoms with van der Waals surface area (Å²) in [6.07, 6.45) is 0.174. The van der Waals surface area contributed by atoms with Crippen LogP contribution in [0, 0.1) is 13.8 Å². The molecular formula is C17H19N3O5S. The first kappa shape index (κ1) is 17.2. The van der Waals surface area contributed by atoms with E-state index in [0.717, 1.165) is 5.56 Å². The monoisotopic (exact) mass is 377 g/mol. The number of hydrogen-bond donors (Lipinski definition) is 0. The average Bonchev–Trinajstić information content (AvgIpc) is 3.07. The van der Waals surface area contributed by atoms with E-state index >= 15 is 0 Å². The largest absolute Gasteiger partial charge is 0.360 e. The van der Waals surface area contributed by atoms with Gasteiger partial charge in [0.25, 0.3) is 0 Å². The van der Waals surface area contributed by atoms with Crippen molar-refractivity contribution in [1.82, 2.24) is 14.5 Å². The standard InChI is InChI=1S/C17H19N3O5S/c1-12-16(13(2)24-18-12)26(22,23)19-10-17(11-19)8-15(21)20(25-17)9-14-6-4-3-5-7-14/h3-7H,8-11H2,1-2H3. The van der Waals surface area contributed by atoms with Crippen LogP contribution in [0.15, 0.2) is 39.8 Å². The molecule has 1 spiro atoms. The molecular weight excluding hydrogens is 358 g/mol. The molecule has 2 aliphatic rings. The van der Waals surface area contributed by atoms with E-state index in [1.54, 1.807) is 13.8 Å². The van der Waals surface area contributed by atoms with Crippen molar-refractivity contribution in [2.45, 2.75) is 37.3 Å². The maximum Gasteiger partial charge on any atom is 0.249 e. The Morgan fingerprint density at radius 1 is 1.19 bits per heavy atom. The molecule has 0 unspecified atom stereocenters. The zero-order valence-electron chi connectivity index (χ0n) is 14.5. The van der Waals surface area contributed by atoms with Gasteiger partial charge in [-0.15, -0.1) is 0 Å². The normalized spacial score (nSPS) is 19.9. The number of nitrogens with zero attached hydrogens (tertiary/aromatic N) is 3. The molecule has 9 heteroatoms. The van der Waals surface area contributed by atoms with E-state index in [4.69, 9.17) is 9.36 Å². The van der Waals surface area contributed by atoms with Crippen molar-refractivity contribution < 1.29 is 22.6 Å². The highest BCUT2D eigenvalue weighted by molar-refractivity contribution is 7.89. The molecule has 2 saturated heterocycles. The Kier molecular flexibility index (Phi) is 3.90. The quantitative estimate of drug-likeness (QED) is 0.800. The van der Waals surface area contributed by atoms with Gasteiger partial charge in [-0.3, -0.25) is 9.63 Å². The van der Waals surface area contributed by atoms with Crippen LogP contribution in [0.3, 0.4) is 0 Å². The van der Waals surface area contributed by atoms with Crippen molar-refractivity contribution in [3.8, 4) is 0 Å². The second-order valence-corrected chi connectivity index (χ2v) is 8.67. The van der Waals surface area contributed by atoms with Crippen molar-refractivity contribution in [3.63, 3.8) is 0 Å². The maximum atomic E-state index is 12.8. The summed E-state index contributed by atoms with van der Waals surface area (Å²) in [6, 6.07) is 9.52. The molecule has 1 aromatic heterocycles. The Morgan fingerprint density at radius 3 is 2.50 bits per heavy atom. The van der Waals surface area contributed by atoms with Crippen LogP contribution < -0.4 is 0 Å². The third-order valence-corrected chi connectivity index (χ3v) is 6.76. The van der Waals surface area contributed by atoms with Gasteiger partial charge in [-0.2, -0.15) is 4.31 Å². The SMILES string of the molecule is Cc1noc(C)c1S(=O)(=O)N1CC2(CC(=O)N(Cc3ccccc3)O2)C1. The lowest BCUT2D eigenvalue weighted by Gasteiger charge is -2.44. The summed E-state index contributed by atoms with van der Waals surface area (Å²) >= 11 is 0. The number of aromatic nitrogens is 1. The topological polar surface area (TPSA) is 93.0 Å². The molecule has 0 atom stereocenters. The lowest BCUT2D eigenvalue weighted by Crippen LogP contribution is -2.63. The third kappa shape index (κ3) is 2.72. The van der Waals surface area contributed by atoms with Gasteiger partial charge in [0.2, 0.25) is 15.9 Å². The summed E-state index contributed by atoms with van der Waals surface area (Å²) < 4.78 is 31.8. The summed E-state index contributed by atoms with van der Waals surface area (Å²) in [4.78, 5) is 18.2. The van der Waals surface area contributed by atoms with Crippen molar-refractivity contribution in [2.75, 3.05) is 13.1 Å². The van der Waals surface area contributed by atoms with E-state index < -0.39 is 15.6 Å². The minimum absolute atomic E-state index is 0.0952. The number of sulfonamides is 1. The van der Waals surface area contributed by atoms with Gasteiger partial charge in [0, 0.05) is 13.1 Å². The van der Waals surface area contributed by atoms with Crippen LogP contribution in [0.2, 0.25) is 0 Å². The number of carbonyl (C=O) groups is 1.